The van der Waals surface area contributed by atoms with Crippen molar-refractivity contribution in [1.29, 1.82) is 0 Å². The summed E-state index contributed by atoms with van der Waals surface area (Å²) in [4.78, 5) is 33.5. The Hall–Kier alpha value is -2.66. The third kappa shape index (κ3) is 5.39. The van der Waals surface area contributed by atoms with Gasteiger partial charge in [0.2, 0.25) is 5.91 Å². The van der Waals surface area contributed by atoms with Crippen LogP contribution in [0.5, 0.6) is 0 Å². The molecule has 0 saturated heterocycles. The van der Waals surface area contributed by atoms with Gasteiger partial charge in [0.1, 0.15) is 5.82 Å². The number of fused-ring (bicyclic) bond motifs is 1. The number of unbranched alkanes of at least 4 members (excludes halogenated alkanes) is 3. The Bertz CT molecular complexity index is 1130. The molecule has 0 spiro atoms. The second-order valence-corrected chi connectivity index (χ2v) is 8.62. The molecule has 0 aliphatic carbocycles. The van der Waals surface area contributed by atoms with Crippen molar-refractivity contribution in [2.24, 2.45) is 0 Å². The van der Waals surface area contributed by atoms with Gasteiger partial charge in [0, 0.05) is 18.0 Å². The van der Waals surface area contributed by atoms with Gasteiger partial charge in [0.05, 0.1) is 22.6 Å². The number of amides is 1. The van der Waals surface area contributed by atoms with Crippen LogP contribution in [0.3, 0.4) is 0 Å². The van der Waals surface area contributed by atoms with Gasteiger partial charge in [-0.05, 0) is 50.1 Å². The number of carbonyl (C=O) groups is 1. The number of rotatable bonds is 10. The Morgan fingerprint density at radius 2 is 1.81 bits per heavy atom. The zero-order valence-corrected chi connectivity index (χ0v) is 19.9. The molecule has 1 atom stereocenters. The van der Waals surface area contributed by atoms with Crippen molar-refractivity contribution >= 4 is 28.4 Å². The molecule has 6 heteroatoms. The molecule has 0 fully saturated rings. The van der Waals surface area contributed by atoms with E-state index in [9.17, 15) is 9.59 Å². The van der Waals surface area contributed by atoms with E-state index in [1.165, 1.54) is 0 Å². The molecular weight excluding hydrogens is 422 g/mol. The lowest BCUT2D eigenvalue weighted by Crippen LogP contribution is -2.38. The van der Waals surface area contributed by atoms with E-state index in [0.29, 0.717) is 40.4 Å². The van der Waals surface area contributed by atoms with Gasteiger partial charge in [-0.3, -0.25) is 14.2 Å². The van der Waals surface area contributed by atoms with Gasteiger partial charge in [-0.1, -0.05) is 62.9 Å². The van der Waals surface area contributed by atoms with Crippen LogP contribution in [0.25, 0.3) is 16.6 Å². The highest BCUT2D eigenvalue weighted by Crippen LogP contribution is 2.25. The SMILES string of the molecule is CCCCCC(=O)N(CCCC)C(C)c1nc2ccccc2c(=O)n1-c1cccc(Cl)c1. The molecule has 1 amide bonds. The van der Waals surface area contributed by atoms with Crippen LogP contribution in [-0.4, -0.2) is 26.9 Å². The summed E-state index contributed by atoms with van der Waals surface area (Å²) in [5.41, 5.74) is 1.12. The molecule has 0 radical (unpaired) electrons. The van der Waals surface area contributed by atoms with E-state index in [1.807, 2.05) is 42.2 Å². The minimum atomic E-state index is -0.355. The maximum absolute atomic E-state index is 13.6. The summed E-state index contributed by atoms with van der Waals surface area (Å²) < 4.78 is 1.61. The first-order valence-corrected chi connectivity index (χ1v) is 11.9. The second-order valence-electron chi connectivity index (χ2n) is 8.18. The molecule has 5 nitrogen and oxygen atoms in total. The second kappa shape index (κ2) is 11.3. The van der Waals surface area contributed by atoms with Crippen LogP contribution in [0.15, 0.2) is 53.3 Å². The third-order valence-electron chi connectivity index (χ3n) is 5.78. The normalized spacial score (nSPS) is 12.1. The predicted molar refractivity (Wildman–Crippen MR) is 132 cm³/mol. The molecule has 0 aliphatic heterocycles. The Morgan fingerprint density at radius 1 is 1.06 bits per heavy atom. The number of carbonyl (C=O) groups excluding carboxylic acids is 1. The van der Waals surface area contributed by atoms with Gasteiger partial charge < -0.3 is 4.90 Å². The number of hydrogen-bond acceptors (Lipinski definition) is 3. The quantitative estimate of drug-likeness (QED) is 0.338. The number of aromatic nitrogens is 2. The average molecular weight is 454 g/mol. The van der Waals surface area contributed by atoms with Crippen LogP contribution >= 0.6 is 11.6 Å². The molecule has 1 unspecified atom stereocenters. The van der Waals surface area contributed by atoms with Gasteiger partial charge in [-0.25, -0.2) is 4.98 Å². The van der Waals surface area contributed by atoms with Crippen LogP contribution in [0.2, 0.25) is 5.02 Å². The van der Waals surface area contributed by atoms with Crippen LogP contribution < -0.4 is 5.56 Å². The van der Waals surface area contributed by atoms with Crippen molar-refractivity contribution in [3.05, 3.63) is 69.7 Å². The highest BCUT2D eigenvalue weighted by atomic mass is 35.5. The number of benzene rings is 2. The molecule has 1 aromatic heterocycles. The monoisotopic (exact) mass is 453 g/mol. The third-order valence-corrected chi connectivity index (χ3v) is 6.01. The zero-order valence-electron chi connectivity index (χ0n) is 19.2. The fourth-order valence-corrected chi connectivity index (χ4v) is 4.15. The van der Waals surface area contributed by atoms with Crippen molar-refractivity contribution in [2.75, 3.05) is 6.54 Å². The number of halogens is 1. The zero-order chi connectivity index (χ0) is 23.1. The molecule has 0 N–H and O–H groups in total. The van der Waals surface area contributed by atoms with E-state index in [-0.39, 0.29) is 17.5 Å². The average Bonchev–Trinajstić information content (AvgIpc) is 2.79. The molecule has 3 rings (SSSR count). The van der Waals surface area contributed by atoms with Crippen molar-refractivity contribution < 1.29 is 4.79 Å². The first-order chi connectivity index (χ1) is 15.5. The lowest BCUT2D eigenvalue weighted by Gasteiger charge is -2.31. The minimum absolute atomic E-state index is 0.111. The van der Waals surface area contributed by atoms with Crippen molar-refractivity contribution in [2.45, 2.75) is 65.3 Å². The van der Waals surface area contributed by atoms with Gasteiger partial charge >= 0.3 is 0 Å². The molecule has 0 saturated carbocycles. The van der Waals surface area contributed by atoms with Gasteiger partial charge in [0.15, 0.2) is 0 Å². The fraction of sp³-hybridized carbons (Fsp3) is 0.423. The topological polar surface area (TPSA) is 55.2 Å². The molecule has 170 valence electrons. The van der Waals surface area contributed by atoms with E-state index in [2.05, 4.69) is 13.8 Å². The molecular formula is C26H32ClN3O2. The van der Waals surface area contributed by atoms with E-state index < -0.39 is 0 Å². The lowest BCUT2D eigenvalue weighted by atomic mass is 10.1. The van der Waals surface area contributed by atoms with E-state index >= 15 is 0 Å². The van der Waals surface area contributed by atoms with Crippen molar-refractivity contribution in [3.8, 4) is 5.69 Å². The number of para-hydroxylation sites is 1. The molecule has 32 heavy (non-hydrogen) atoms. The van der Waals surface area contributed by atoms with Gasteiger partial charge in [-0.15, -0.1) is 0 Å². The maximum atomic E-state index is 13.6. The summed E-state index contributed by atoms with van der Waals surface area (Å²) in [5.74, 6) is 0.662. The van der Waals surface area contributed by atoms with Crippen molar-refractivity contribution in [1.82, 2.24) is 14.5 Å². The summed E-state index contributed by atoms with van der Waals surface area (Å²) in [6.45, 7) is 6.84. The van der Waals surface area contributed by atoms with Gasteiger partial charge in [0.25, 0.3) is 5.56 Å². The summed E-state index contributed by atoms with van der Waals surface area (Å²) >= 11 is 6.25. The number of nitrogens with zero attached hydrogens (tertiary/aromatic N) is 3. The minimum Gasteiger partial charge on any atom is -0.333 e. The summed E-state index contributed by atoms with van der Waals surface area (Å²) in [6, 6.07) is 14.2. The maximum Gasteiger partial charge on any atom is 0.266 e. The fourth-order valence-electron chi connectivity index (χ4n) is 3.97. The van der Waals surface area contributed by atoms with Crippen LogP contribution in [0.4, 0.5) is 0 Å². The van der Waals surface area contributed by atoms with Gasteiger partial charge in [-0.2, -0.15) is 0 Å². The first-order valence-electron chi connectivity index (χ1n) is 11.5. The Labute approximate surface area is 195 Å². The molecule has 3 aromatic rings. The summed E-state index contributed by atoms with van der Waals surface area (Å²) in [6.07, 6.45) is 5.37. The standard InChI is InChI=1S/C26H32ClN3O2/c1-4-6-8-16-24(31)29(17-7-5-2)19(3)25-28-23-15-10-9-14-22(23)26(32)30(25)21-13-11-12-20(27)18-21/h9-15,18-19H,4-8,16-17H2,1-3H3. The largest absolute Gasteiger partial charge is 0.333 e. The summed E-state index contributed by atoms with van der Waals surface area (Å²) in [7, 11) is 0. The Morgan fingerprint density at radius 3 is 2.53 bits per heavy atom. The predicted octanol–water partition coefficient (Wildman–Crippen LogP) is 6.31. The molecule has 2 aromatic carbocycles. The molecule has 1 heterocycles. The Kier molecular flexibility index (Phi) is 8.46. The summed E-state index contributed by atoms with van der Waals surface area (Å²) in [5, 5.41) is 1.08. The Balaban J connectivity index is 2.14. The van der Waals surface area contributed by atoms with Crippen LogP contribution in [0, 0.1) is 0 Å². The van der Waals surface area contributed by atoms with E-state index in [4.69, 9.17) is 16.6 Å². The smallest absolute Gasteiger partial charge is 0.266 e. The first kappa shape index (κ1) is 24.0. The molecule has 0 bridgehead atoms. The van der Waals surface area contributed by atoms with Crippen LogP contribution in [0.1, 0.15) is 71.2 Å². The molecule has 0 aliphatic rings. The van der Waals surface area contributed by atoms with E-state index in [0.717, 1.165) is 32.1 Å². The lowest BCUT2D eigenvalue weighted by molar-refractivity contribution is -0.133. The van der Waals surface area contributed by atoms with Crippen LogP contribution in [-0.2, 0) is 4.79 Å². The van der Waals surface area contributed by atoms with Crippen molar-refractivity contribution in [3.63, 3.8) is 0 Å². The van der Waals surface area contributed by atoms with E-state index in [1.54, 1.807) is 22.8 Å². The highest BCUT2D eigenvalue weighted by molar-refractivity contribution is 6.30. The highest BCUT2D eigenvalue weighted by Gasteiger charge is 2.26. The number of hydrogen-bond donors (Lipinski definition) is 0.